The molecule has 98 valence electrons. The van der Waals surface area contributed by atoms with Gasteiger partial charge in [0.1, 0.15) is 5.70 Å². The van der Waals surface area contributed by atoms with Crippen molar-refractivity contribution in [1.29, 1.82) is 0 Å². The summed E-state index contributed by atoms with van der Waals surface area (Å²) in [5, 5.41) is 21.5. The molecule has 0 bridgehead atoms. The molecule has 2 aliphatic rings. The van der Waals surface area contributed by atoms with E-state index < -0.39 is 5.97 Å². The van der Waals surface area contributed by atoms with Gasteiger partial charge in [0.05, 0.1) is 10.3 Å². The lowest BCUT2D eigenvalue weighted by molar-refractivity contribution is -0.442. The van der Waals surface area contributed by atoms with E-state index in [1.807, 2.05) is 0 Å². The van der Waals surface area contributed by atoms with Crippen molar-refractivity contribution in [3.63, 3.8) is 0 Å². The molecule has 0 atom stereocenters. The molecule has 0 unspecified atom stereocenters. The zero-order valence-corrected chi connectivity index (χ0v) is 10.5. The van der Waals surface area contributed by atoms with Gasteiger partial charge in [-0.3, -0.25) is 0 Å². The average Bonchev–Trinajstić information content (AvgIpc) is 2.36. The van der Waals surface area contributed by atoms with Gasteiger partial charge in [-0.1, -0.05) is 0 Å². The van der Waals surface area contributed by atoms with Gasteiger partial charge in [0, 0.05) is 29.7 Å². The summed E-state index contributed by atoms with van der Waals surface area (Å²) < 4.78 is 0.606. The Balaban J connectivity index is 2.58. The van der Waals surface area contributed by atoms with Crippen LogP contribution in [0.5, 0.6) is 0 Å². The van der Waals surface area contributed by atoms with Crippen LogP contribution in [0.2, 0.25) is 0 Å². The minimum atomic E-state index is -1.14. The molecule has 0 saturated carbocycles. The van der Waals surface area contributed by atoms with E-state index >= 15 is 0 Å². The third kappa shape index (κ3) is 2.25. The van der Waals surface area contributed by atoms with Crippen LogP contribution in [-0.2, 0) is 4.79 Å². The molecule has 0 aromatic carbocycles. The van der Waals surface area contributed by atoms with Crippen molar-refractivity contribution in [2.24, 2.45) is 0 Å². The second kappa shape index (κ2) is 4.66. The topological polar surface area (TPSA) is 83.7 Å². The van der Waals surface area contributed by atoms with Crippen LogP contribution in [0, 0.1) is 10.1 Å². The molecule has 2 heterocycles. The maximum absolute atomic E-state index is 12.0. The molecule has 0 fully saturated rings. The minimum absolute atomic E-state index is 0.0242. The van der Waals surface area contributed by atoms with Gasteiger partial charge in [0.15, 0.2) is 0 Å². The number of carbonyl (C=O) groups is 1. The Morgan fingerprint density at radius 2 is 2.05 bits per heavy atom. The molecule has 0 spiro atoms. The van der Waals surface area contributed by atoms with Crippen LogP contribution < -0.4 is 0 Å². The maximum Gasteiger partial charge on any atom is 0.335 e. The van der Waals surface area contributed by atoms with Gasteiger partial charge < -0.3 is 15.4 Å². The van der Waals surface area contributed by atoms with E-state index in [9.17, 15) is 14.9 Å². The quantitative estimate of drug-likeness (QED) is 0.730. The second-order valence-corrected chi connectivity index (χ2v) is 4.22. The van der Waals surface area contributed by atoms with Crippen molar-refractivity contribution in [1.82, 2.24) is 5.06 Å². The minimum Gasteiger partial charge on any atom is -0.754 e. The highest BCUT2D eigenvalue weighted by Crippen LogP contribution is 2.27. The molecule has 0 aromatic rings. The van der Waals surface area contributed by atoms with Crippen LogP contribution in [0.1, 0.15) is 13.8 Å². The summed E-state index contributed by atoms with van der Waals surface area (Å²) in [4.78, 5) is 22.9. The maximum atomic E-state index is 12.0. The smallest absolute Gasteiger partial charge is 0.335 e. The standard InChI is InChI=1S/C13H12N2O4/c1-8-4-3-5-11(14(8)18)12-7-10(13(16)17)6-9(2)15(12)19/h3-7H,1-2H3,(H,16,17). The van der Waals surface area contributed by atoms with E-state index in [1.54, 1.807) is 19.1 Å². The molecule has 6 nitrogen and oxygen atoms in total. The van der Waals surface area contributed by atoms with Crippen molar-refractivity contribution in [2.75, 3.05) is 0 Å². The lowest BCUT2D eigenvalue weighted by Gasteiger charge is -2.34. The molecule has 0 aliphatic carbocycles. The molecule has 2 aliphatic heterocycles. The fourth-order valence-corrected chi connectivity index (χ4v) is 1.82. The fourth-order valence-electron chi connectivity index (χ4n) is 1.82. The Bertz CT molecular complexity index is 621. The Kier molecular flexibility index (Phi) is 3.18. The molecule has 0 saturated heterocycles. The van der Waals surface area contributed by atoms with E-state index in [1.165, 1.54) is 25.2 Å². The van der Waals surface area contributed by atoms with Crippen LogP contribution in [0.25, 0.3) is 0 Å². The van der Waals surface area contributed by atoms with Crippen molar-refractivity contribution >= 4 is 5.97 Å². The Hall–Kier alpha value is -2.47. The lowest BCUT2D eigenvalue weighted by atomic mass is 10.1. The van der Waals surface area contributed by atoms with E-state index in [-0.39, 0.29) is 22.7 Å². The molecule has 6 heteroatoms. The van der Waals surface area contributed by atoms with E-state index in [2.05, 4.69) is 0 Å². The van der Waals surface area contributed by atoms with Crippen molar-refractivity contribution in [2.45, 2.75) is 13.8 Å². The van der Waals surface area contributed by atoms with Crippen molar-refractivity contribution < 1.29 is 14.7 Å². The first kappa shape index (κ1) is 13.0. The third-order valence-corrected chi connectivity index (χ3v) is 2.84. The Morgan fingerprint density at radius 1 is 1.37 bits per heavy atom. The van der Waals surface area contributed by atoms with Crippen LogP contribution in [0.4, 0.5) is 0 Å². The normalized spacial score (nSPS) is 23.0. The summed E-state index contributed by atoms with van der Waals surface area (Å²) in [5.41, 5.74) is 0.769. The molecule has 0 radical (unpaired) electrons. The first-order valence-electron chi connectivity index (χ1n) is 5.59. The van der Waals surface area contributed by atoms with Crippen molar-refractivity contribution in [3.05, 3.63) is 68.9 Å². The zero-order chi connectivity index (χ0) is 14.2. The molecule has 0 aromatic heterocycles. The number of hydrogen-bond acceptors (Lipinski definition) is 4. The largest absolute Gasteiger partial charge is 0.754 e. The number of carboxylic acids is 1. The zero-order valence-electron chi connectivity index (χ0n) is 10.5. The van der Waals surface area contributed by atoms with Gasteiger partial charge in [-0.25, -0.2) is 4.79 Å². The number of hydroxylamine groups is 2. The van der Waals surface area contributed by atoms with Gasteiger partial charge in [-0.2, -0.15) is 0 Å². The second-order valence-electron chi connectivity index (χ2n) is 4.22. The van der Waals surface area contributed by atoms with E-state index in [4.69, 9.17) is 5.11 Å². The predicted octanol–water partition coefficient (Wildman–Crippen LogP) is 2.18. The number of carboxylic acid groups (broad SMARTS) is 1. The van der Waals surface area contributed by atoms with Gasteiger partial charge >= 0.3 is 5.97 Å². The Morgan fingerprint density at radius 3 is 2.68 bits per heavy atom. The molecular formula is C13H12N2O4. The SMILES string of the molecule is CC1=CC(C(=O)O)=CC(=C2C=CC=C(C)[N+]2=O)N1[O-]. The highest BCUT2D eigenvalue weighted by molar-refractivity contribution is 5.91. The van der Waals surface area contributed by atoms with Crippen LogP contribution in [-0.4, -0.2) is 20.9 Å². The highest BCUT2D eigenvalue weighted by atomic mass is 16.5. The Labute approximate surface area is 109 Å². The lowest BCUT2D eigenvalue weighted by Crippen LogP contribution is -2.22. The summed E-state index contributed by atoms with van der Waals surface area (Å²) in [6.45, 7) is 3.10. The molecular weight excluding hydrogens is 248 g/mol. The molecule has 2 rings (SSSR count). The summed E-state index contributed by atoms with van der Waals surface area (Å²) in [6, 6.07) is 0. The van der Waals surface area contributed by atoms with Crippen LogP contribution >= 0.6 is 0 Å². The van der Waals surface area contributed by atoms with E-state index in [0.29, 0.717) is 15.5 Å². The first-order valence-corrected chi connectivity index (χ1v) is 5.59. The number of rotatable bonds is 1. The number of allylic oxidation sites excluding steroid dienone is 6. The van der Waals surface area contributed by atoms with Gasteiger partial charge in [-0.05, 0) is 25.2 Å². The van der Waals surface area contributed by atoms with Gasteiger partial charge in [0.2, 0.25) is 5.70 Å². The summed E-state index contributed by atoms with van der Waals surface area (Å²) in [7, 11) is 0. The highest BCUT2D eigenvalue weighted by Gasteiger charge is 2.28. The number of hydrogen-bond donors (Lipinski definition) is 1. The number of nitrogens with zero attached hydrogens (tertiary/aromatic N) is 2. The van der Waals surface area contributed by atoms with Crippen LogP contribution in [0.15, 0.2) is 58.7 Å². The van der Waals surface area contributed by atoms with Crippen LogP contribution in [0.3, 0.4) is 0 Å². The third-order valence-electron chi connectivity index (χ3n) is 2.84. The molecule has 19 heavy (non-hydrogen) atoms. The molecule has 1 N–H and O–H groups in total. The average molecular weight is 260 g/mol. The number of nitroso groups, excluding NO2 is 1. The van der Waals surface area contributed by atoms with Gasteiger partial charge in [0.25, 0.3) is 5.70 Å². The summed E-state index contributed by atoms with van der Waals surface area (Å²) in [6.07, 6.45) is 7.20. The van der Waals surface area contributed by atoms with Crippen molar-refractivity contribution in [3.8, 4) is 0 Å². The first-order chi connectivity index (χ1) is 8.91. The van der Waals surface area contributed by atoms with E-state index in [0.717, 1.165) is 0 Å². The monoisotopic (exact) mass is 260 g/mol. The summed E-state index contributed by atoms with van der Waals surface area (Å²) >= 11 is 0. The predicted molar refractivity (Wildman–Crippen MR) is 68.2 cm³/mol. The number of aliphatic carboxylic acids is 1. The summed E-state index contributed by atoms with van der Waals surface area (Å²) in [5.74, 6) is -1.14. The van der Waals surface area contributed by atoms with Gasteiger partial charge in [-0.15, -0.1) is 0 Å². The fraction of sp³-hybridized carbons (Fsp3) is 0.154. The molecule has 0 amide bonds.